The summed E-state index contributed by atoms with van der Waals surface area (Å²) < 4.78 is 0. The molecule has 0 aliphatic heterocycles. The van der Waals surface area contributed by atoms with Crippen LogP contribution in [0.2, 0.25) is 0 Å². The fraction of sp³-hybridized carbons (Fsp3) is 0.857. The minimum absolute atomic E-state index is 0.181. The molecular weight excluding hydrogens is 100 g/mol. The Morgan fingerprint density at radius 3 is 2.50 bits per heavy atom. The van der Waals surface area contributed by atoms with Gasteiger partial charge in [-0.05, 0) is 18.8 Å². The molecule has 0 amide bonds. The van der Waals surface area contributed by atoms with Crippen molar-refractivity contribution in [3.63, 3.8) is 0 Å². The number of ketones is 1. The van der Waals surface area contributed by atoms with Crippen LogP contribution in [-0.2, 0) is 4.79 Å². The van der Waals surface area contributed by atoms with E-state index >= 15 is 0 Å². The maximum absolute atomic E-state index is 10.8. The summed E-state index contributed by atoms with van der Waals surface area (Å²) in [6.45, 7) is 2.10. The molecule has 0 heterocycles. The van der Waals surface area contributed by atoms with Crippen LogP contribution in [0.15, 0.2) is 0 Å². The van der Waals surface area contributed by atoms with Gasteiger partial charge < -0.3 is 0 Å². The standard InChI is InChI=1S/C7H10O/c1-7-3-2-5(7)4-6(7)8/h5H,2-4H2,1H3/t5?,7-/m0/s1. The summed E-state index contributed by atoms with van der Waals surface area (Å²) in [5.74, 6) is 1.30. The van der Waals surface area contributed by atoms with E-state index in [4.69, 9.17) is 0 Å². The van der Waals surface area contributed by atoms with Gasteiger partial charge in [0.15, 0.2) is 0 Å². The molecule has 44 valence electrons. The fourth-order valence-electron chi connectivity index (χ4n) is 1.80. The van der Waals surface area contributed by atoms with Crippen LogP contribution >= 0.6 is 0 Å². The van der Waals surface area contributed by atoms with Gasteiger partial charge in [-0.15, -0.1) is 0 Å². The van der Waals surface area contributed by atoms with Crippen molar-refractivity contribution in [3.05, 3.63) is 0 Å². The predicted octanol–water partition coefficient (Wildman–Crippen LogP) is 1.38. The Morgan fingerprint density at radius 2 is 2.50 bits per heavy atom. The Balaban J connectivity index is 2.23. The lowest BCUT2D eigenvalue weighted by Gasteiger charge is -2.54. The fourth-order valence-corrected chi connectivity index (χ4v) is 1.80. The zero-order valence-electron chi connectivity index (χ0n) is 5.11. The third-order valence-electron chi connectivity index (χ3n) is 2.98. The molecule has 0 aromatic rings. The zero-order chi connectivity index (χ0) is 5.78. The SMILES string of the molecule is C[C@]12CCC1CC2=O. The van der Waals surface area contributed by atoms with E-state index in [1.807, 2.05) is 0 Å². The summed E-state index contributed by atoms with van der Waals surface area (Å²) in [6.07, 6.45) is 3.36. The van der Waals surface area contributed by atoms with Crippen LogP contribution in [0.25, 0.3) is 0 Å². The number of Topliss-reactive ketones (excluding diaryl/α,β-unsaturated/α-hetero) is 1. The van der Waals surface area contributed by atoms with Gasteiger partial charge in [0, 0.05) is 11.8 Å². The molecule has 2 saturated carbocycles. The second kappa shape index (κ2) is 0.996. The van der Waals surface area contributed by atoms with E-state index in [0.717, 1.165) is 18.8 Å². The second-order valence-corrected chi connectivity index (χ2v) is 3.28. The first-order chi connectivity index (χ1) is 3.73. The molecule has 0 saturated heterocycles. The highest BCUT2D eigenvalue weighted by Crippen LogP contribution is 2.57. The van der Waals surface area contributed by atoms with Gasteiger partial charge in [-0.1, -0.05) is 6.92 Å². The summed E-state index contributed by atoms with van der Waals surface area (Å²) in [5, 5.41) is 0. The molecular formula is C7H10O. The second-order valence-electron chi connectivity index (χ2n) is 3.28. The predicted molar refractivity (Wildman–Crippen MR) is 30.5 cm³/mol. The first-order valence-corrected chi connectivity index (χ1v) is 3.27. The molecule has 8 heavy (non-hydrogen) atoms. The summed E-state index contributed by atoms with van der Waals surface area (Å²) >= 11 is 0. The van der Waals surface area contributed by atoms with Crippen molar-refractivity contribution < 1.29 is 4.79 Å². The highest BCUT2D eigenvalue weighted by molar-refractivity contribution is 5.92. The normalized spacial score (nSPS) is 51.6. The maximum atomic E-state index is 10.8. The Kier molecular flexibility index (Phi) is 0.565. The van der Waals surface area contributed by atoms with Crippen molar-refractivity contribution in [1.29, 1.82) is 0 Å². The first-order valence-electron chi connectivity index (χ1n) is 3.27. The minimum Gasteiger partial charge on any atom is -0.299 e. The van der Waals surface area contributed by atoms with Crippen LogP contribution in [0.5, 0.6) is 0 Å². The van der Waals surface area contributed by atoms with Crippen molar-refractivity contribution in [1.82, 2.24) is 0 Å². The number of carbonyl (C=O) groups is 1. The van der Waals surface area contributed by atoms with E-state index in [0.29, 0.717) is 5.78 Å². The van der Waals surface area contributed by atoms with E-state index in [1.165, 1.54) is 6.42 Å². The van der Waals surface area contributed by atoms with Crippen LogP contribution in [0.4, 0.5) is 0 Å². The van der Waals surface area contributed by atoms with Gasteiger partial charge in [0.2, 0.25) is 0 Å². The number of hydrogen-bond acceptors (Lipinski definition) is 1. The Morgan fingerprint density at radius 1 is 1.75 bits per heavy atom. The molecule has 0 aromatic carbocycles. The lowest BCUT2D eigenvalue weighted by molar-refractivity contribution is -0.157. The monoisotopic (exact) mass is 110 g/mol. The van der Waals surface area contributed by atoms with E-state index < -0.39 is 0 Å². The van der Waals surface area contributed by atoms with Gasteiger partial charge in [-0.2, -0.15) is 0 Å². The number of rotatable bonds is 0. The number of fused-ring (bicyclic) bond motifs is 1. The van der Waals surface area contributed by atoms with Crippen molar-refractivity contribution in [2.24, 2.45) is 11.3 Å². The molecule has 2 fully saturated rings. The average Bonchev–Trinajstić information content (AvgIpc) is 1.79. The molecule has 0 aromatic heterocycles. The molecule has 0 spiro atoms. The van der Waals surface area contributed by atoms with Crippen molar-refractivity contribution >= 4 is 5.78 Å². The van der Waals surface area contributed by atoms with Gasteiger partial charge in [-0.25, -0.2) is 0 Å². The summed E-state index contributed by atoms with van der Waals surface area (Å²) in [4.78, 5) is 10.8. The van der Waals surface area contributed by atoms with E-state index in [9.17, 15) is 4.79 Å². The minimum atomic E-state index is 0.181. The topological polar surface area (TPSA) is 17.1 Å². The third kappa shape index (κ3) is 0.263. The van der Waals surface area contributed by atoms with Crippen molar-refractivity contribution in [2.75, 3.05) is 0 Å². The zero-order valence-corrected chi connectivity index (χ0v) is 5.11. The molecule has 0 radical (unpaired) electrons. The lowest BCUT2D eigenvalue weighted by Crippen LogP contribution is -2.54. The Labute approximate surface area is 49.1 Å². The molecule has 0 N–H and O–H groups in total. The van der Waals surface area contributed by atoms with E-state index in [2.05, 4.69) is 6.92 Å². The van der Waals surface area contributed by atoms with Gasteiger partial charge in [0.05, 0.1) is 0 Å². The summed E-state index contributed by atoms with van der Waals surface area (Å²) in [7, 11) is 0. The molecule has 1 heteroatoms. The number of carbonyl (C=O) groups excluding carboxylic acids is 1. The van der Waals surface area contributed by atoms with Crippen LogP contribution in [0, 0.1) is 11.3 Å². The Bertz CT molecular complexity index is 150. The highest BCUT2D eigenvalue weighted by atomic mass is 16.1. The molecule has 2 aliphatic carbocycles. The van der Waals surface area contributed by atoms with Crippen molar-refractivity contribution in [3.8, 4) is 0 Å². The molecule has 2 aliphatic rings. The Hall–Kier alpha value is -0.330. The molecule has 1 nitrogen and oxygen atoms in total. The smallest absolute Gasteiger partial charge is 0.139 e. The molecule has 2 atom stereocenters. The van der Waals surface area contributed by atoms with Gasteiger partial charge >= 0.3 is 0 Å². The van der Waals surface area contributed by atoms with Crippen LogP contribution in [0.1, 0.15) is 26.2 Å². The van der Waals surface area contributed by atoms with Crippen LogP contribution in [0.3, 0.4) is 0 Å². The van der Waals surface area contributed by atoms with Crippen molar-refractivity contribution in [2.45, 2.75) is 26.2 Å². The summed E-state index contributed by atoms with van der Waals surface area (Å²) in [5.41, 5.74) is 0.181. The van der Waals surface area contributed by atoms with Gasteiger partial charge in [-0.3, -0.25) is 4.79 Å². The van der Waals surface area contributed by atoms with Crippen LogP contribution < -0.4 is 0 Å². The average molecular weight is 110 g/mol. The van der Waals surface area contributed by atoms with E-state index in [1.54, 1.807) is 0 Å². The van der Waals surface area contributed by atoms with Crippen LogP contribution in [-0.4, -0.2) is 5.78 Å². The third-order valence-corrected chi connectivity index (χ3v) is 2.98. The summed E-state index contributed by atoms with van der Waals surface area (Å²) in [6, 6.07) is 0. The largest absolute Gasteiger partial charge is 0.299 e. The first kappa shape index (κ1) is 4.54. The highest BCUT2D eigenvalue weighted by Gasteiger charge is 2.56. The molecule has 2 rings (SSSR count). The quantitative estimate of drug-likeness (QED) is 0.460. The molecule has 0 bridgehead atoms. The van der Waals surface area contributed by atoms with Gasteiger partial charge in [0.25, 0.3) is 0 Å². The van der Waals surface area contributed by atoms with E-state index in [-0.39, 0.29) is 5.41 Å². The maximum Gasteiger partial charge on any atom is 0.139 e. The van der Waals surface area contributed by atoms with Gasteiger partial charge in [0.1, 0.15) is 5.78 Å². The lowest BCUT2D eigenvalue weighted by atomic mass is 9.48. The molecule has 1 unspecified atom stereocenters. The number of hydrogen-bond donors (Lipinski definition) is 0.